The summed E-state index contributed by atoms with van der Waals surface area (Å²) in [6.07, 6.45) is 0. The van der Waals surface area contributed by atoms with Crippen molar-refractivity contribution in [2.75, 3.05) is 11.4 Å². The van der Waals surface area contributed by atoms with Gasteiger partial charge in [0.2, 0.25) is 0 Å². The summed E-state index contributed by atoms with van der Waals surface area (Å²) < 4.78 is 33.6. The number of benzene rings is 2. The Kier molecular flexibility index (Phi) is 5.98. The number of nitrogens with zero attached hydrogens (tertiary/aromatic N) is 1. The molecule has 0 N–H and O–H groups in total. The highest BCUT2D eigenvalue weighted by Crippen LogP contribution is 2.24. The number of hydrogen-bond acceptors (Lipinski definition) is 3. The molecule has 0 aromatic heterocycles. The summed E-state index contributed by atoms with van der Waals surface area (Å²) in [5, 5.41) is 0. The van der Waals surface area contributed by atoms with Gasteiger partial charge in [0.05, 0.1) is 0 Å². The fraction of sp³-hybridized carbons (Fsp3) is 0.333. The van der Waals surface area contributed by atoms with E-state index in [0.717, 1.165) is 28.2 Å². The van der Waals surface area contributed by atoms with Gasteiger partial charge in [-0.1, -0.05) is 12.1 Å². The fourth-order valence-electron chi connectivity index (χ4n) is 2.73. The maximum Gasteiger partial charge on any atom is 0.326 e. The summed E-state index contributed by atoms with van der Waals surface area (Å²) in [6.45, 7) is 8.29. The molecule has 2 aromatic carbocycles. The normalized spacial score (nSPS) is 11.2. The SMILES string of the molecule is Cc1cc(C)cc(N(CC(=O)OC(C)(C)C)C(=O)c2c(F)cccc2F)c1. The molecule has 2 rings (SSSR count). The Morgan fingerprint density at radius 2 is 1.52 bits per heavy atom. The van der Waals surface area contributed by atoms with Crippen LogP contribution in [-0.4, -0.2) is 24.0 Å². The average Bonchev–Trinajstić information content (AvgIpc) is 2.49. The molecule has 0 aliphatic rings. The van der Waals surface area contributed by atoms with Crippen LogP contribution in [0.4, 0.5) is 14.5 Å². The van der Waals surface area contributed by atoms with Gasteiger partial charge >= 0.3 is 5.97 Å². The molecule has 1 amide bonds. The van der Waals surface area contributed by atoms with E-state index in [1.165, 1.54) is 6.07 Å². The maximum atomic E-state index is 14.1. The van der Waals surface area contributed by atoms with Crippen molar-refractivity contribution in [3.63, 3.8) is 0 Å². The number of carbonyl (C=O) groups is 2. The van der Waals surface area contributed by atoms with Gasteiger partial charge in [-0.15, -0.1) is 0 Å². The number of esters is 1. The van der Waals surface area contributed by atoms with Crippen LogP contribution in [0.3, 0.4) is 0 Å². The fourth-order valence-corrected chi connectivity index (χ4v) is 2.73. The minimum atomic E-state index is -0.987. The molecule has 4 nitrogen and oxygen atoms in total. The van der Waals surface area contributed by atoms with Crippen molar-refractivity contribution >= 4 is 17.6 Å². The highest BCUT2D eigenvalue weighted by Gasteiger charge is 2.28. The monoisotopic (exact) mass is 375 g/mol. The number of ether oxygens (including phenoxy) is 1. The molecule has 144 valence electrons. The van der Waals surface area contributed by atoms with E-state index in [9.17, 15) is 18.4 Å². The second-order valence-electron chi connectivity index (χ2n) is 7.42. The van der Waals surface area contributed by atoms with Crippen LogP contribution in [0.15, 0.2) is 36.4 Å². The molecular weight excluding hydrogens is 352 g/mol. The zero-order chi connectivity index (χ0) is 20.4. The molecule has 0 heterocycles. The highest BCUT2D eigenvalue weighted by atomic mass is 19.1. The molecular formula is C21H23F2NO3. The van der Waals surface area contributed by atoms with Crippen LogP contribution in [-0.2, 0) is 9.53 Å². The molecule has 0 saturated heterocycles. The lowest BCUT2D eigenvalue weighted by Gasteiger charge is -2.26. The van der Waals surface area contributed by atoms with Crippen molar-refractivity contribution in [1.29, 1.82) is 0 Å². The van der Waals surface area contributed by atoms with Crippen LogP contribution in [0.1, 0.15) is 42.3 Å². The van der Waals surface area contributed by atoms with Crippen LogP contribution >= 0.6 is 0 Å². The van der Waals surface area contributed by atoms with Gasteiger partial charge in [0.25, 0.3) is 5.91 Å². The number of halogens is 2. The summed E-state index contributed by atoms with van der Waals surface area (Å²) >= 11 is 0. The van der Waals surface area contributed by atoms with Crippen LogP contribution in [0.5, 0.6) is 0 Å². The number of hydrogen-bond donors (Lipinski definition) is 0. The predicted molar refractivity (Wildman–Crippen MR) is 99.8 cm³/mol. The van der Waals surface area contributed by atoms with Crippen LogP contribution in [0, 0.1) is 25.5 Å². The standard InChI is InChI=1S/C21H23F2NO3/c1-13-9-14(2)11-15(10-13)24(12-18(25)27-21(3,4)5)20(26)19-16(22)7-6-8-17(19)23/h6-11H,12H2,1-5H3. The van der Waals surface area contributed by atoms with Crippen molar-refractivity contribution in [3.8, 4) is 0 Å². The Morgan fingerprint density at radius 3 is 2.00 bits per heavy atom. The topological polar surface area (TPSA) is 46.6 Å². The maximum absolute atomic E-state index is 14.1. The quantitative estimate of drug-likeness (QED) is 0.736. The van der Waals surface area contributed by atoms with E-state index in [4.69, 9.17) is 4.74 Å². The number of aryl methyl sites for hydroxylation is 2. The van der Waals surface area contributed by atoms with E-state index in [2.05, 4.69) is 0 Å². The van der Waals surface area contributed by atoms with E-state index in [-0.39, 0.29) is 0 Å². The first-order valence-electron chi connectivity index (χ1n) is 8.54. The molecule has 0 spiro atoms. The summed E-state index contributed by atoms with van der Waals surface area (Å²) in [7, 11) is 0. The van der Waals surface area contributed by atoms with Crippen LogP contribution < -0.4 is 4.90 Å². The van der Waals surface area contributed by atoms with E-state index in [0.29, 0.717) is 5.69 Å². The van der Waals surface area contributed by atoms with Crippen LogP contribution in [0.25, 0.3) is 0 Å². The van der Waals surface area contributed by atoms with Crippen molar-refractivity contribution in [3.05, 3.63) is 64.7 Å². The van der Waals surface area contributed by atoms with E-state index >= 15 is 0 Å². The molecule has 2 aromatic rings. The Morgan fingerprint density at radius 1 is 1.00 bits per heavy atom. The zero-order valence-electron chi connectivity index (χ0n) is 16.1. The number of anilines is 1. The Balaban J connectivity index is 2.49. The van der Waals surface area contributed by atoms with Gasteiger partial charge < -0.3 is 4.74 Å². The average molecular weight is 375 g/mol. The minimum absolute atomic E-state index is 0.367. The van der Waals surface area contributed by atoms with Gasteiger partial charge in [0, 0.05) is 5.69 Å². The first kappa shape index (κ1) is 20.6. The molecule has 0 bridgehead atoms. The summed E-state index contributed by atoms with van der Waals surface area (Å²) in [6, 6.07) is 8.43. The molecule has 0 fully saturated rings. The van der Waals surface area contributed by atoms with Gasteiger partial charge in [-0.2, -0.15) is 0 Å². The molecule has 0 aliphatic carbocycles. The zero-order valence-corrected chi connectivity index (χ0v) is 16.1. The smallest absolute Gasteiger partial charge is 0.326 e. The molecule has 27 heavy (non-hydrogen) atoms. The molecule has 0 saturated carbocycles. The number of rotatable bonds is 4. The van der Waals surface area contributed by atoms with Crippen molar-refractivity contribution in [2.45, 2.75) is 40.2 Å². The Bertz CT molecular complexity index is 832. The molecule has 0 radical (unpaired) electrons. The van der Waals surface area contributed by atoms with Gasteiger partial charge in [-0.3, -0.25) is 14.5 Å². The predicted octanol–water partition coefficient (Wildman–Crippen LogP) is 4.57. The van der Waals surface area contributed by atoms with Gasteiger partial charge in [0.15, 0.2) is 0 Å². The molecule has 0 unspecified atom stereocenters. The minimum Gasteiger partial charge on any atom is -0.459 e. The third-order valence-corrected chi connectivity index (χ3v) is 3.65. The molecule has 6 heteroatoms. The summed E-state index contributed by atoms with van der Waals surface area (Å²) in [5.41, 5.74) is 0.602. The lowest BCUT2D eigenvalue weighted by atomic mass is 10.1. The van der Waals surface area contributed by atoms with Crippen molar-refractivity contribution < 1.29 is 23.1 Å². The first-order chi connectivity index (χ1) is 12.5. The lowest BCUT2D eigenvalue weighted by molar-refractivity contribution is -0.152. The highest BCUT2D eigenvalue weighted by molar-refractivity contribution is 6.08. The lowest BCUT2D eigenvalue weighted by Crippen LogP contribution is -2.39. The van der Waals surface area contributed by atoms with E-state index in [1.54, 1.807) is 32.9 Å². The number of carbonyl (C=O) groups excluding carboxylic acids is 2. The van der Waals surface area contributed by atoms with Gasteiger partial charge in [0.1, 0.15) is 29.3 Å². The van der Waals surface area contributed by atoms with E-state index in [1.807, 2.05) is 19.9 Å². The number of amides is 1. The van der Waals surface area contributed by atoms with Crippen molar-refractivity contribution in [2.24, 2.45) is 0 Å². The summed E-state index contributed by atoms with van der Waals surface area (Å²) in [5.74, 6) is -3.59. The van der Waals surface area contributed by atoms with Crippen LogP contribution in [0.2, 0.25) is 0 Å². The Labute approximate surface area is 157 Å². The largest absolute Gasteiger partial charge is 0.459 e. The van der Waals surface area contributed by atoms with Crippen molar-refractivity contribution in [1.82, 2.24) is 0 Å². The van der Waals surface area contributed by atoms with Gasteiger partial charge in [-0.05, 0) is 70.0 Å². The van der Waals surface area contributed by atoms with E-state index < -0.39 is 41.2 Å². The second-order valence-corrected chi connectivity index (χ2v) is 7.42. The second kappa shape index (κ2) is 7.86. The van der Waals surface area contributed by atoms with Gasteiger partial charge in [-0.25, -0.2) is 8.78 Å². The third kappa shape index (κ3) is 5.36. The third-order valence-electron chi connectivity index (χ3n) is 3.65. The molecule has 0 atom stereocenters. The first-order valence-corrected chi connectivity index (χ1v) is 8.54. The Hall–Kier alpha value is -2.76. The molecule has 0 aliphatic heterocycles. The summed E-state index contributed by atoms with van der Waals surface area (Å²) in [4.78, 5) is 26.3.